The summed E-state index contributed by atoms with van der Waals surface area (Å²) < 4.78 is 4.45. The standard InChI is InChI=1S/C10H9Cl2NO4/c1-17-10(14)8(12)4-6-2-3-7(11)9(5-6)13(15)16/h2-3,5,8H,4H2,1H3/t8-/m1/s1. The molecule has 0 aliphatic carbocycles. The first-order chi connectivity index (χ1) is 7.95. The average Bonchev–Trinajstić information content (AvgIpc) is 2.30. The van der Waals surface area contributed by atoms with Gasteiger partial charge < -0.3 is 4.74 Å². The second kappa shape index (κ2) is 5.84. The quantitative estimate of drug-likeness (QED) is 0.367. The molecule has 17 heavy (non-hydrogen) atoms. The minimum Gasteiger partial charge on any atom is -0.468 e. The predicted molar refractivity (Wildman–Crippen MR) is 63.5 cm³/mol. The monoisotopic (exact) mass is 277 g/mol. The molecule has 0 aliphatic rings. The number of methoxy groups -OCH3 is 1. The molecule has 0 aromatic heterocycles. The maximum atomic E-state index is 11.1. The van der Waals surface area contributed by atoms with E-state index in [9.17, 15) is 14.9 Å². The number of halogens is 2. The minimum atomic E-state index is -0.874. The second-order valence-electron chi connectivity index (χ2n) is 3.24. The van der Waals surface area contributed by atoms with E-state index in [0.717, 1.165) is 0 Å². The van der Waals surface area contributed by atoms with Gasteiger partial charge in [-0.1, -0.05) is 17.7 Å². The Morgan fingerprint density at radius 2 is 2.24 bits per heavy atom. The minimum absolute atomic E-state index is 0.0444. The maximum Gasteiger partial charge on any atom is 0.324 e. The molecule has 7 heteroatoms. The normalized spacial score (nSPS) is 11.9. The van der Waals surface area contributed by atoms with E-state index < -0.39 is 16.3 Å². The summed E-state index contributed by atoms with van der Waals surface area (Å²) in [7, 11) is 1.22. The Bertz CT molecular complexity index is 450. The lowest BCUT2D eigenvalue weighted by atomic mass is 10.1. The van der Waals surface area contributed by atoms with Crippen molar-refractivity contribution in [1.29, 1.82) is 0 Å². The number of nitro groups is 1. The molecular weight excluding hydrogens is 269 g/mol. The van der Waals surface area contributed by atoms with E-state index in [1.807, 2.05) is 0 Å². The third-order valence-corrected chi connectivity index (χ3v) is 2.73. The molecule has 0 radical (unpaired) electrons. The lowest BCUT2D eigenvalue weighted by Crippen LogP contribution is -2.18. The number of esters is 1. The Labute approximate surface area is 107 Å². The van der Waals surface area contributed by atoms with Crippen LogP contribution in [-0.4, -0.2) is 23.4 Å². The van der Waals surface area contributed by atoms with Crippen LogP contribution >= 0.6 is 23.2 Å². The van der Waals surface area contributed by atoms with Gasteiger partial charge in [0, 0.05) is 6.07 Å². The van der Waals surface area contributed by atoms with Gasteiger partial charge >= 0.3 is 5.97 Å². The van der Waals surface area contributed by atoms with Crippen molar-refractivity contribution in [3.63, 3.8) is 0 Å². The first-order valence-electron chi connectivity index (χ1n) is 4.60. The van der Waals surface area contributed by atoms with Crippen LogP contribution in [0.25, 0.3) is 0 Å². The van der Waals surface area contributed by atoms with Crippen molar-refractivity contribution in [3.05, 3.63) is 38.9 Å². The molecule has 0 saturated carbocycles. The molecule has 1 aromatic carbocycles. The summed E-state index contributed by atoms with van der Waals surface area (Å²) >= 11 is 11.4. The number of rotatable bonds is 4. The molecule has 0 bridgehead atoms. The fourth-order valence-electron chi connectivity index (χ4n) is 1.24. The highest BCUT2D eigenvalue weighted by Crippen LogP contribution is 2.26. The molecule has 0 fully saturated rings. The van der Waals surface area contributed by atoms with Crippen LogP contribution in [0, 0.1) is 10.1 Å². The van der Waals surface area contributed by atoms with Crippen LogP contribution in [0.15, 0.2) is 18.2 Å². The van der Waals surface area contributed by atoms with Crippen LogP contribution in [0.1, 0.15) is 5.56 Å². The van der Waals surface area contributed by atoms with Crippen molar-refractivity contribution < 1.29 is 14.5 Å². The third-order valence-electron chi connectivity index (χ3n) is 2.08. The fourth-order valence-corrected chi connectivity index (χ4v) is 1.70. The van der Waals surface area contributed by atoms with Crippen molar-refractivity contribution in [2.75, 3.05) is 7.11 Å². The van der Waals surface area contributed by atoms with Crippen LogP contribution in [0.5, 0.6) is 0 Å². The van der Waals surface area contributed by atoms with Gasteiger partial charge in [0.2, 0.25) is 0 Å². The second-order valence-corrected chi connectivity index (χ2v) is 4.17. The summed E-state index contributed by atoms with van der Waals surface area (Å²) in [6.45, 7) is 0. The van der Waals surface area contributed by atoms with Crippen molar-refractivity contribution in [2.45, 2.75) is 11.8 Å². The van der Waals surface area contributed by atoms with Gasteiger partial charge in [0.1, 0.15) is 10.4 Å². The molecule has 1 atom stereocenters. The summed E-state index contributed by atoms with van der Waals surface area (Å²) in [6, 6.07) is 4.27. The van der Waals surface area contributed by atoms with Crippen LogP contribution in [0.4, 0.5) is 5.69 Å². The van der Waals surface area contributed by atoms with E-state index in [-0.39, 0.29) is 17.1 Å². The number of hydrogen-bond donors (Lipinski definition) is 0. The van der Waals surface area contributed by atoms with Gasteiger partial charge in [0.25, 0.3) is 5.69 Å². The Morgan fingerprint density at radius 3 is 2.76 bits per heavy atom. The number of hydrogen-bond acceptors (Lipinski definition) is 4. The molecule has 0 amide bonds. The Morgan fingerprint density at radius 1 is 1.59 bits per heavy atom. The summed E-state index contributed by atoms with van der Waals surface area (Å²) in [4.78, 5) is 21.1. The van der Waals surface area contributed by atoms with E-state index in [1.54, 1.807) is 6.07 Å². The summed E-state index contributed by atoms with van der Waals surface area (Å²) in [5.41, 5.74) is 0.337. The highest BCUT2D eigenvalue weighted by Gasteiger charge is 2.19. The van der Waals surface area contributed by atoms with Gasteiger partial charge in [-0.15, -0.1) is 11.6 Å². The van der Waals surface area contributed by atoms with Crippen molar-refractivity contribution in [1.82, 2.24) is 0 Å². The van der Waals surface area contributed by atoms with Gasteiger partial charge in [-0.2, -0.15) is 0 Å². The summed E-state index contributed by atoms with van der Waals surface area (Å²) in [5, 5.41) is 9.82. The fraction of sp³-hybridized carbons (Fsp3) is 0.300. The topological polar surface area (TPSA) is 69.4 Å². The van der Waals surface area contributed by atoms with Gasteiger partial charge in [0.05, 0.1) is 12.0 Å². The first-order valence-corrected chi connectivity index (χ1v) is 5.42. The molecule has 0 saturated heterocycles. The zero-order valence-electron chi connectivity index (χ0n) is 8.85. The van der Waals surface area contributed by atoms with Crippen LogP contribution in [-0.2, 0) is 16.0 Å². The number of alkyl halides is 1. The van der Waals surface area contributed by atoms with Gasteiger partial charge in [0.15, 0.2) is 0 Å². The molecule has 5 nitrogen and oxygen atoms in total. The largest absolute Gasteiger partial charge is 0.468 e. The number of benzene rings is 1. The van der Waals surface area contributed by atoms with Crippen molar-refractivity contribution >= 4 is 34.9 Å². The number of carbonyl (C=O) groups excluding carboxylic acids is 1. The summed E-state index contributed by atoms with van der Waals surface area (Å²) in [5.74, 6) is -0.579. The maximum absolute atomic E-state index is 11.1. The molecule has 0 aliphatic heterocycles. The zero-order chi connectivity index (χ0) is 13.0. The average molecular weight is 278 g/mol. The van der Waals surface area contributed by atoms with Crippen LogP contribution < -0.4 is 0 Å². The number of nitro benzene ring substituents is 1. The first kappa shape index (κ1) is 13.7. The Hall–Kier alpha value is -1.33. The molecule has 0 unspecified atom stereocenters. The van der Waals surface area contributed by atoms with Gasteiger partial charge in [-0.25, -0.2) is 0 Å². The molecule has 0 heterocycles. The Kier molecular flexibility index (Phi) is 4.72. The number of ether oxygens (including phenoxy) is 1. The van der Waals surface area contributed by atoms with E-state index in [1.165, 1.54) is 19.2 Å². The van der Waals surface area contributed by atoms with Crippen molar-refractivity contribution in [2.24, 2.45) is 0 Å². The van der Waals surface area contributed by atoms with Gasteiger partial charge in [-0.05, 0) is 18.1 Å². The van der Waals surface area contributed by atoms with Gasteiger partial charge in [-0.3, -0.25) is 14.9 Å². The van der Waals surface area contributed by atoms with E-state index >= 15 is 0 Å². The molecular formula is C10H9Cl2NO4. The molecule has 1 rings (SSSR count). The number of nitrogens with zero attached hydrogens (tertiary/aromatic N) is 1. The lowest BCUT2D eigenvalue weighted by molar-refractivity contribution is -0.384. The summed E-state index contributed by atoms with van der Waals surface area (Å²) in [6.07, 6.45) is 0.145. The van der Waals surface area contributed by atoms with E-state index in [4.69, 9.17) is 23.2 Å². The molecule has 1 aromatic rings. The van der Waals surface area contributed by atoms with Crippen LogP contribution in [0.2, 0.25) is 5.02 Å². The molecule has 0 spiro atoms. The predicted octanol–water partition coefficient (Wildman–Crippen LogP) is 2.57. The SMILES string of the molecule is COC(=O)[C@H](Cl)Cc1ccc(Cl)c([N+](=O)[O-])c1. The van der Waals surface area contributed by atoms with E-state index in [0.29, 0.717) is 5.56 Å². The highest BCUT2D eigenvalue weighted by molar-refractivity contribution is 6.32. The van der Waals surface area contributed by atoms with Crippen LogP contribution in [0.3, 0.4) is 0 Å². The molecule has 92 valence electrons. The highest BCUT2D eigenvalue weighted by atomic mass is 35.5. The smallest absolute Gasteiger partial charge is 0.324 e. The molecule has 0 N–H and O–H groups in total. The van der Waals surface area contributed by atoms with Crippen molar-refractivity contribution in [3.8, 4) is 0 Å². The zero-order valence-corrected chi connectivity index (χ0v) is 10.4. The van der Waals surface area contributed by atoms with E-state index in [2.05, 4.69) is 4.74 Å². The third kappa shape index (κ3) is 3.57. The Balaban J connectivity index is 2.90. The lowest BCUT2D eigenvalue weighted by Gasteiger charge is -2.07. The number of carbonyl (C=O) groups is 1.